The van der Waals surface area contributed by atoms with Crippen LogP contribution in [0.2, 0.25) is 10.0 Å². The molecule has 1 atom stereocenters. The first-order chi connectivity index (χ1) is 18.4. The van der Waals surface area contributed by atoms with E-state index in [1.54, 1.807) is 55.5 Å². The number of halogens is 2. The van der Waals surface area contributed by atoms with Gasteiger partial charge in [0.25, 0.3) is 10.0 Å². The average Bonchev–Trinajstić information content (AvgIpc) is 2.90. The predicted molar refractivity (Wildman–Crippen MR) is 154 cm³/mol. The highest BCUT2D eigenvalue weighted by molar-refractivity contribution is 7.92. The van der Waals surface area contributed by atoms with Gasteiger partial charge in [-0.1, -0.05) is 53.5 Å². The Morgan fingerprint density at radius 1 is 0.923 bits per heavy atom. The summed E-state index contributed by atoms with van der Waals surface area (Å²) >= 11 is 12.3. The van der Waals surface area contributed by atoms with Crippen molar-refractivity contribution < 1.29 is 22.7 Å². The summed E-state index contributed by atoms with van der Waals surface area (Å²) in [4.78, 5) is 28.2. The molecular weight excluding hydrogens is 561 g/mol. The topological polar surface area (TPSA) is 96.0 Å². The zero-order valence-corrected chi connectivity index (χ0v) is 24.4. The van der Waals surface area contributed by atoms with Crippen LogP contribution in [0.5, 0.6) is 5.75 Å². The van der Waals surface area contributed by atoms with Gasteiger partial charge < -0.3 is 15.0 Å². The summed E-state index contributed by atoms with van der Waals surface area (Å²) < 4.78 is 34.1. The third kappa shape index (κ3) is 7.65. The summed E-state index contributed by atoms with van der Waals surface area (Å²) in [6, 6.07) is 18.1. The van der Waals surface area contributed by atoms with Gasteiger partial charge in [-0.15, -0.1) is 0 Å². The van der Waals surface area contributed by atoms with Gasteiger partial charge in [-0.25, -0.2) is 8.42 Å². The number of sulfonamides is 1. The normalized spacial score (nSPS) is 12.1. The molecule has 0 fully saturated rings. The lowest BCUT2D eigenvalue weighted by atomic mass is 10.1. The smallest absolute Gasteiger partial charge is 0.264 e. The summed E-state index contributed by atoms with van der Waals surface area (Å²) in [5.74, 6) is -0.760. The van der Waals surface area contributed by atoms with Crippen molar-refractivity contribution in [2.45, 2.75) is 44.3 Å². The first-order valence-corrected chi connectivity index (χ1v) is 14.4. The number of rotatable bonds is 11. The number of carbonyl (C=O) groups excluding carboxylic acids is 2. The van der Waals surface area contributed by atoms with Crippen molar-refractivity contribution in [2.75, 3.05) is 18.0 Å². The van der Waals surface area contributed by atoms with E-state index in [0.717, 1.165) is 9.87 Å². The fourth-order valence-electron chi connectivity index (χ4n) is 3.87. The van der Waals surface area contributed by atoms with Crippen LogP contribution in [0, 0.1) is 0 Å². The molecule has 0 saturated heterocycles. The number of benzene rings is 3. The number of hydrogen-bond acceptors (Lipinski definition) is 5. The maximum Gasteiger partial charge on any atom is 0.264 e. The molecule has 0 aliphatic rings. The van der Waals surface area contributed by atoms with E-state index in [-0.39, 0.29) is 39.8 Å². The number of nitrogens with zero attached hydrogens (tertiary/aromatic N) is 2. The van der Waals surface area contributed by atoms with Crippen LogP contribution in [0.25, 0.3) is 0 Å². The van der Waals surface area contributed by atoms with Gasteiger partial charge in [0.1, 0.15) is 18.3 Å². The molecule has 0 aliphatic carbocycles. The van der Waals surface area contributed by atoms with Gasteiger partial charge in [-0.3, -0.25) is 13.9 Å². The van der Waals surface area contributed by atoms with Gasteiger partial charge in [-0.2, -0.15) is 0 Å². The molecule has 2 amide bonds. The van der Waals surface area contributed by atoms with Crippen LogP contribution in [0.4, 0.5) is 5.69 Å². The number of amides is 2. The third-order valence-electron chi connectivity index (χ3n) is 5.88. The largest absolute Gasteiger partial charge is 0.495 e. The lowest BCUT2D eigenvalue weighted by Gasteiger charge is -2.32. The second kappa shape index (κ2) is 13.2. The number of anilines is 1. The van der Waals surface area contributed by atoms with Crippen LogP contribution in [0.15, 0.2) is 77.7 Å². The Bertz CT molecular complexity index is 1400. The standard InChI is InChI=1S/C28H31Cl2N3O5S/c1-19(2)31-28(35)20(3)32(17-21-10-12-22(29)13-11-21)27(34)18-33(25-16-23(30)14-15-26(25)38-4)39(36,37)24-8-6-5-7-9-24/h5-16,19-20H,17-18H2,1-4H3,(H,31,35)/t20-/m1/s1. The summed E-state index contributed by atoms with van der Waals surface area (Å²) in [6.45, 7) is 4.67. The molecule has 208 valence electrons. The van der Waals surface area contributed by atoms with E-state index in [4.69, 9.17) is 27.9 Å². The Morgan fingerprint density at radius 2 is 1.54 bits per heavy atom. The number of nitrogens with one attached hydrogen (secondary N) is 1. The van der Waals surface area contributed by atoms with Crippen LogP contribution in [0.3, 0.4) is 0 Å². The van der Waals surface area contributed by atoms with Crippen molar-refractivity contribution in [1.82, 2.24) is 10.2 Å². The molecule has 0 unspecified atom stereocenters. The number of hydrogen-bond donors (Lipinski definition) is 1. The highest BCUT2D eigenvalue weighted by Gasteiger charge is 2.34. The Balaban J connectivity index is 2.08. The fraction of sp³-hybridized carbons (Fsp3) is 0.286. The molecular formula is C28H31Cl2N3O5S. The highest BCUT2D eigenvalue weighted by Crippen LogP contribution is 2.35. The Hall–Kier alpha value is -3.27. The van der Waals surface area contributed by atoms with Gasteiger partial charge in [0.05, 0.1) is 17.7 Å². The van der Waals surface area contributed by atoms with Gasteiger partial charge in [-0.05, 0) is 68.8 Å². The van der Waals surface area contributed by atoms with E-state index >= 15 is 0 Å². The summed E-state index contributed by atoms with van der Waals surface area (Å²) in [6.07, 6.45) is 0. The zero-order valence-electron chi connectivity index (χ0n) is 22.1. The first kappa shape index (κ1) is 30.3. The number of ether oxygens (including phenoxy) is 1. The molecule has 3 aromatic carbocycles. The molecule has 0 aliphatic heterocycles. The van der Waals surface area contributed by atoms with Crippen LogP contribution in [-0.2, 0) is 26.2 Å². The van der Waals surface area contributed by atoms with Crippen LogP contribution < -0.4 is 14.4 Å². The van der Waals surface area contributed by atoms with Crippen LogP contribution in [0.1, 0.15) is 26.3 Å². The van der Waals surface area contributed by atoms with Crippen molar-refractivity contribution in [3.05, 3.63) is 88.4 Å². The van der Waals surface area contributed by atoms with E-state index in [1.807, 2.05) is 13.8 Å². The molecule has 8 nitrogen and oxygen atoms in total. The monoisotopic (exact) mass is 591 g/mol. The highest BCUT2D eigenvalue weighted by atomic mass is 35.5. The molecule has 0 radical (unpaired) electrons. The lowest BCUT2D eigenvalue weighted by Crippen LogP contribution is -2.52. The molecule has 0 bridgehead atoms. The third-order valence-corrected chi connectivity index (χ3v) is 8.15. The van der Waals surface area contributed by atoms with Crippen molar-refractivity contribution in [2.24, 2.45) is 0 Å². The fourth-order valence-corrected chi connectivity index (χ4v) is 5.60. The number of methoxy groups -OCH3 is 1. The molecule has 0 spiro atoms. The maximum atomic E-state index is 13.9. The van der Waals surface area contributed by atoms with Crippen LogP contribution in [-0.4, -0.2) is 50.9 Å². The van der Waals surface area contributed by atoms with E-state index in [9.17, 15) is 18.0 Å². The van der Waals surface area contributed by atoms with Gasteiger partial charge in [0, 0.05) is 22.6 Å². The van der Waals surface area contributed by atoms with Gasteiger partial charge >= 0.3 is 0 Å². The molecule has 11 heteroatoms. The molecule has 0 aromatic heterocycles. The molecule has 3 rings (SSSR count). The van der Waals surface area contributed by atoms with E-state index in [2.05, 4.69) is 5.32 Å². The second-order valence-electron chi connectivity index (χ2n) is 9.13. The first-order valence-electron chi connectivity index (χ1n) is 12.2. The minimum Gasteiger partial charge on any atom is -0.495 e. The summed E-state index contributed by atoms with van der Waals surface area (Å²) in [7, 11) is -2.85. The van der Waals surface area contributed by atoms with Crippen LogP contribution >= 0.6 is 23.2 Å². The second-order valence-corrected chi connectivity index (χ2v) is 11.9. The lowest BCUT2D eigenvalue weighted by molar-refractivity contribution is -0.139. The maximum absolute atomic E-state index is 13.9. The van der Waals surface area contributed by atoms with E-state index in [1.165, 1.54) is 36.3 Å². The quantitative estimate of drug-likeness (QED) is 0.333. The van der Waals surface area contributed by atoms with Crippen molar-refractivity contribution >= 4 is 50.7 Å². The van der Waals surface area contributed by atoms with Gasteiger partial charge in [0.15, 0.2) is 0 Å². The Kier molecular flexibility index (Phi) is 10.2. The molecule has 0 saturated carbocycles. The van der Waals surface area contributed by atoms with E-state index < -0.39 is 28.5 Å². The minimum atomic E-state index is -4.25. The number of carbonyl (C=O) groups is 2. The summed E-state index contributed by atoms with van der Waals surface area (Å²) in [5.41, 5.74) is 0.808. The molecule has 0 heterocycles. The van der Waals surface area contributed by atoms with Crippen molar-refractivity contribution in [3.8, 4) is 5.75 Å². The van der Waals surface area contributed by atoms with Crippen molar-refractivity contribution in [1.29, 1.82) is 0 Å². The summed E-state index contributed by atoms with van der Waals surface area (Å²) in [5, 5.41) is 3.60. The zero-order chi connectivity index (χ0) is 28.7. The Morgan fingerprint density at radius 3 is 2.13 bits per heavy atom. The van der Waals surface area contributed by atoms with E-state index in [0.29, 0.717) is 5.02 Å². The molecule has 3 aromatic rings. The van der Waals surface area contributed by atoms with Gasteiger partial charge in [0.2, 0.25) is 11.8 Å². The van der Waals surface area contributed by atoms with Crippen molar-refractivity contribution in [3.63, 3.8) is 0 Å². The minimum absolute atomic E-state index is 0.0188. The predicted octanol–water partition coefficient (Wildman–Crippen LogP) is 5.14. The molecule has 1 N–H and O–H groups in total. The molecule has 39 heavy (non-hydrogen) atoms. The average molecular weight is 593 g/mol. The SMILES string of the molecule is COc1ccc(Cl)cc1N(CC(=O)N(Cc1ccc(Cl)cc1)[C@H](C)C(=O)NC(C)C)S(=O)(=O)c1ccccc1. The Labute approximate surface area is 239 Å².